The Morgan fingerprint density at radius 1 is 1.40 bits per heavy atom. The Balaban J connectivity index is 1.90. The summed E-state index contributed by atoms with van der Waals surface area (Å²) < 4.78 is 5.90. The van der Waals surface area contributed by atoms with Gasteiger partial charge in [0.25, 0.3) is 0 Å². The molecule has 2 aromatic rings. The van der Waals surface area contributed by atoms with Crippen molar-refractivity contribution >= 4 is 11.0 Å². The lowest BCUT2D eigenvalue weighted by molar-refractivity contribution is 0.0350. The molecule has 78 valence electrons. The monoisotopic (exact) mass is 203 g/mol. The topological polar surface area (TPSA) is 49.9 Å². The zero-order valence-electron chi connectivity index (χ0n) is 8.58. The third-order valence-electron chi connectivity index (χ3n) is 2.75. The molecule has 0 spiro atoms. The maximum absolute atomic E-state index is 5.90. The molecule has 15 heavy (non-hydrogen) atoms. The average molecular weight is 203 g/mol. The van der Waals surface area contributed by atoms with Crippen LogP contribution in [-0.2, 0) is 0 Å². The number of imidazole rings is 1. The fourth-order valence-corrected chi connectivity index (χ4v) is 1.81. The van der Waals surface area contributed by atoms with Crippen LogP contribution in [0.3, 0.4) is 0 Å². The predicted molar refractivity (Wildman–Crippen MR) is 58.0 cm³/mol. The Bertz CT molecular complexity index is 487. The van der Waals surface area contributed by atoms with Crippen LogP contribution >= 0.6 is 0 Å². The molecule has 2 N–H and O–H groups in total. The van der Waals surface area contributed by atoms with Crippen molar-refractivity contribution in [2.24, 2.45) is 0 Å². The average Bonchev–Trinajstić information content (AvgIpc) is 2.62. The fraction of sp³-hybridized carbons (Fsp3) is 0.364. The van der Waals surface area contributed by atoms with Gasteiger partial charge in [-0.05, 0) is 19.1 Å². The van der Waals surface area contributed by atoms with E-state index in [1.54, 1.807) is 6.33 Å². The van der Waals surface area contributed by atoms with E-state index in [1.807, 2.05) is 18.2 Å². The highest BCUT2D eigenvalue weighted by atomic mass is 16.5. The van der Waals surface area contributed by atoms with Gasteiger partial charge in [-0.1, -0.05) is 0 Å². The zero-order chi connectivity index (χ0) is 10.3. The van der Waals surface area contributed by atoms with E-state index in [1.165, 1.54) is 0 Å². The Kier molecular flexibility index (Phi) is 1.73. The molecule has 0 unspecified atom stereocenters. The van der Waals surface area contributed by atoms with Gasteiger partial charge in [-0.15, -0.1) is 0 Å². The van der Waals surface area contributed by atoms with Gasteiger partial charge in [0.2, 0.25) is 0 Å². The largest absolute Gasteiger partial charge is 0.485 e. The fourth-order valence-electron chi connectivity index (χ4n) is 1.81. The molecular formula is C11H13N3O. The molecule has 1 aliphatic heterocycles. The zero-order valence-corrected chi connectivity index (χ0v) is 8.58. The number of rotatable bonds is 2. The molecule has 3 rings (SSSR count). The predicted octanol–water partition coefficient (Wildman–Crippen LogP) is 1.30. The molecule has 4 heteroatoms. The van der Waals surface area contributed by atoms with Gasteiger partial charge in [-0.2, -0.15) is 0 Å². The first-order valence-electron chi connectivity index (χ1n) is 5.08. The van der Waals surface area contributed by atoms with Gasteiger partial charge < -0.3 is 15.0 Å². The number of H-pyrrole nitrogens is 1. The molecule has 0 bridgehead atoms. The summed E-state index contributed by atoms with van der Waals surface area (Å²) in [6.45, 7) is 3.93. The van der Waals surface area contributed by atoms with E-state index in [9.17, 15) is 0 Å². The summed E-state index contributed by atoms with van der Waals surface area (Å²) in [7, 11) is 0. The first-order chi connectivity index (χ1) is 7.25. The molecule has 0 aliphatic carbocycles. The molecule has 2 heterocycles. The minimum Gasteiger partial charge on any atom is -0.485 e. The van der Waals surface area contributed by atoms with Gasteiger partial charge in [0.15, 0.2) is 0 Å². The molecule has 4 nitrogen and oxygen atoms in total. The lowest BCUT2D eigenvalue weighted by atomic mass is 10.00. The molecule has 0 atom stereocenters. The summed E-state index contributed by atoms with van der Waals surface area (Å²) in [5, 5.41) is 3.21. The van der Waals surface area contributed by atoms with Crippen LogP contribution in [0.5, 0.6) is 5.75 Å². The molecule has 1 aromatic carbocycles. The molecule has 0 radical (unpaired) electrons. The van der Waals surface area contributed by atoms with Gasteiger partial charge in [0, 0.05) is 19.2 Å². The Morgan fingerprint density at radius 2 is 2.27 bits per heavy atom. The van der Waals surface area contributed by atoms with E-state index >= 15 is 0 Å². The number of nitrogens with one attached hydrogen (secondary N) is 2. The van der Waals surface area contributed by atoms with Crippen molar-refractivity contribution in [3.8, 4) is 5.75 Å². The number of hydrogen-bond acceptors (Lipinski definition) is 3. The third kappa shape index (κ3) is 1.47. The molecular weight excluding hydrogens is 190 g/mol. The minimum absolute atomic E-state index is 0.0479. The Labute approximate surface area is 87.7 Å². The summed E-state index contributed by atoms with van der Waals surface area (Å²) in [6, 6.07) is 5.93. The van der Waals surface area contributed by atoms with E-state index in [2.05, 4.69) is 22.2 Å². The Hall–Kier alpha value is -1.55. The van der Waals surface area contributed by atoms with Gasteiger partial charge in [0.05, 0.1) is 17.4 Å². The van der Waals surface area contributed by atoms with E-state index in [0.29, 0.717) is 0 Å². The van der Waals surface area contributed by atoms with Crippen molar-refractivity contribution < 1.29 is 4.74 Å². The summed E-state index contributed by atoms with van der Waals surface area (Å²) in [4.78, 5) is 7.24. The molecule has 1 fully saturated rings. The molecule has 0 saturated carbocycles. The second-order valence-electron chi connectivity index (χ2n) is 4.24. The van der Waals surface area contributed by atoms with Crippen molar-refractivity contribution in [3.63, 3.8) is 0 Å². The van der Waals surface area contributed by atoms with Gasteiger partial charge in [-0.25, -0.2) is 4.98 Å². The van der Waals surface area contributed by atoms with Crippen LogP contribution in [0, 0.1) is 0 Å². The van der Waals surface area contributed by atoms with Crippen LogP contribution in [0.1, 0.15) is 6.92 Å². The third-order valence-corrected chi connectivity index (χ3v) is 2.75. The van der Waals surface area contributed by atoms with E-state index < -0.39 is 0 Å². The SMILES string of the molecule is CC1(Oc2ccc3nc[nH]c3c2)CNC1. The normalized spacial score (nSPS) is 18.7. The number of aromatic nitrogens is 2. The number of hydrogen-bond donors (Lipinski definition) is 2. The lowest BCUT2D eigenvalue weighted by Crippen LogP contribution is -2.60. The van der Waals surface area contributed by atoms with Crippen LogP contribution < -0.4 is 10.1 Å². The Morgan fingerprint density at radius 3 is 3.00 bits per heavy atom. The maximum Gasteiger partial charge on any atom is 0.131 e. The first-order valence-corrected chi connectivity index (χ1v) is 5.08. The summed E-state index contributed by atoms with van der Waals surface area (Å²) in [6.07, 6.45) is 1.70. The first kappa shape index (κ1) is 8.73. The molecule has 0 amide bonds. The van der Waals surface area contributed by atoms with Crippen LogP contribution in [0.15, 0.2) is 24.5 Å². The summed E-state index contributed by atoms with van der Waals surface area (Å²) in [5.74, 6) is 0.899. The van der Waals surface area contributed by atoms with Crippen molar-refractivity contribution in [1.29, 1.82) is 0 Å². The number of aromatic amines is 1. The van der Waals surface area contributed by atoms with E-state index in [-0.39, 0.29) is 5.60 Å². The van der Waals surface area contributed by atoms with Gasteiger partial charge in [0.1, 0.15) is 11.4 Å². The van der Waals surface area contributed by atoms with Crippen LogP contribution in [-0.4, -0.2) is 28.7 Å². The van der Waals surface area contributed by atoms with Crippen molar-refractivity contribution in [2.45, 2.75) is 12.5 Å². The highest BCUT2D eigenvalue weighted by Crippen LogP contribution is 2.24. The second-order valence-corrected chi connectivity index (χ2v) is 4.24. The van der Waals surface area contributed by atoms with Crippen LogP contribution in [0.2, 0.25) is 0 Å². The van der Waals surface area contributed by atoms with Crippen LogP contribution in [0.4, 0.5) is 0 Å². The number of fused-ring (bicyclic) bond motifs is 1. The quantitative estimate of drug-likeness (QED) is 0.773. The van der Waals surface area contributed by atoms with Gasteiger partial charge >= 0.3 is 0 Å². The highest BCUT2D eigenvalue weighted by molar-refractivity contribution is 5.75. The second kappa shape index (κ2) is 2.97. The smallest absolute Gasteiger partial charge is 0.131 e. The standard InChI is InChI=1S/C11H13N3O/c1-11(5-12-6-11)15-8-2-3-9-10(4-8)14-7-13-9/h2-4,7,12H,5-6H2,1H3,(H,13,14). The summed E-state index contributed by atoms with van der Waals surface area (Å²) >= 11 is 0. The lowest BCUT2D eigenvalue weighted by Gasteiger charge is -2.39. The molecule has 1 aliphatic rings. The van der Waals surface area contributed by atoms with Crippen molar-refractivity contribution in [1.82, 2.24) is 15.3 Å². The minimum atomic E-state index is -0.0479. The van der Waals surface area contributed by atoms with Crippen molar-refractivity contribution in [3.05, 3.63) is 24.5 Å². The number of nitrogens with zero attached hydrogens (tertiary/aromatic N) is 1. The van der Waals surface area contributed by atoms with E-state index in [0.717, 1.165) is 29.9 Å². The molecule has 1 saturated heterocycles. The number of benzene rings is 1. The van der Waals surface area contributed by atoms with Crippen molar-refractivity contribution in [2.75, 3.05) is 13.1 Å². The summed E-state index contributed by atoms with van der Waals surface area (Å²) in [5.41, 5.74) is 1.94. The highest BCUT2D eigenvalue weighted by Gasteiger charge is 2.33. The van der Waals surface area contributed by atoms with E-state index in [4.69, 9.17) is 4.74 Å². The number of ether oxygens (including phenoxy) is 1. The van der Waals surface area contributed by atoms with Gasteiger partial charge in [-0.3, -0.25) is 0 Å². The molecule has 1 aromatic heterocycles. The van der Waals surface area contributed by atoms with Crippen LogP contribution in [0.25, 0.3) is 11.0 Å². The maximum atomic E-state index is 5.90.